The Balaban J connectivity index is 0.000000129. The van der Waals surface area contributed by atoms with Crippen LogP contribution in [0.1, 0.15) is 94.2 Å². The van der Waals surface area contributed by atoms with Crippen LogP contribution in [0.4, 0.5) is 0 Å². The molecular weight excluding hydrogens is 1310 g/mol. The molecule has 0 unspecified atom stereocenters. The van der Waals surface area contributed by atoms with E-state index in [-0.39, 0.29) is 0 Å². The molecule has 0 heterocycles. The maximum absolute atomic E-state index is 2.36. The molecule has 0 bridgehead atoms. The predicted octanol–water partition coefficient (Wildman–Crippen LogP) is 32.8. The summed E-state index contributed by atoms with van der Waals surface area (Å²) in [6.07, 6.45) is 0. The van der Waals surface area contributed by atoms with Crippen LogP contribution in [0.3, 0.4) is 0 Å². The number of hydrogen-bond acceptors (Lipinski definition) is 0. The second kappa shape index (κ2) is 34.7. The Kier molecular flexibility index (Phi) is 24.4. The van der Waals surface area contributed by atoms with Gasteiger partial charge < -0.3 is 0 Å². The van der Waals surface area contributed by atoms with E-state index < -0.39 is 0 Å². The smallest absolute Gasteiger partial charge is 0.00203 e. The van der Waals surface area contributed by atoms with Crippen molar-refractivity contribution in [2.75, 3.05) is 0 Å². The molecule has 0 saturated heterocycles. The molecule has 0 radical (unpaired) electrons. The zero-order valence-corrected chi connectivity index (χ0v) is 66.3. The van der Waals surface area contributed by atoms with Crippen molar-refractivity contribution < 1.29 is 0 Å². The summed E-state index contributed by atoms with van der Waals surface area (Å²) < 4.78 is 0. The summed E-state index contributed by atoms with van der Waals surface area (Å²) >= 11 is 0. The van der Waals surface area contributed by atoms with Gasteiger partial charge in [-0.05, 0) is 189 Å². The molecule has 0 nitrogen and oxygen atoms in total. The van der Waals surface area contributed by atoms with E-state index in [4.69, 9.17) is 0 Å². The summed E-state index contributed by atoms with van der Waals surface area (Å²) in [6, 6.07) is 134. The third-order valence-corrected chi connectivity index (χ3v) is 18.4. The molecule has 19 aromatic carbocycles. The monoisotopic (exact) mass is 1410 g/mol. The van der Waals surface area contributed by atoms with Gasteiger partial charge in [0.25, 0.3) is 0 Å². The number of benzene rings is 19. The minimum atomic E-state index is 0.500. The van der Waals surface area contributed by atoms with Gasteiger partial charge in [0.2, 0.25) is 0 Å². The molecule has 0 atom stereocenters. The van der Waals surface area contributed by atoms with Gasteiger partial charge in [-0.25, -0.2) is 0 Å². The van der Waals surface area contributed by atoms with Crippen molar-refractivity contribution in [2.45, 2.75) is 96.9 Å². The molecule has 0 aliphatic carbocycles. The molecule has 0 saturated carbocycles. The standard InChI is InChI=1S/2C28H18.C24H16.2C7H8.3C5H12/c2*1-3-7-19(8-4-1)23-15-11-21-14-18-26-24(20-9-5-2-6-10-20)16-12-22-13-17-25(23)27(21)28(22)26;1-2-8-17(9-3-1)23-16-24-19-11-5-4-10-18(19)14-15-22(24)20-12-6-7-13-21(20)23;2*1-7-5-3-2-4-6-7;3*1-5(2,3)4/h2*1-18H;1-16H;2*2-6H,1H3;3*1-4H3. The Morgan fingerprint density at radius 2 is 0.349 bits per heavy atom. The molecule has 19 rings (SSSR count). The average Bonchev–Trinajstić information content (AvgIpc) is 0.733. The number of fused-ring (bicyclic) bond motifs is 5. The van der Waals surface area contributed by atoms with Gasteiger partial charge in [-0.2, -0.15) is 0 Å². The van der Waals surface area contributed by atoms with Gasteiger partial charge in [-0.1, -0.05) is 464 Å². The third kappa shape index (κ3) is 19.8. The lowest BCUT2D eigenvalue weighted by molar-refractivity contribution is 0.469. The Bertz CT molecular complexity index is 5540. The maximum Gasteiger partial charge on any atom is -0.00203 e. The van der Waals surface area contributed by atoms with Crippen molar-refractivity contribution in [1.29, 1.82) is 0 Å². The highest BCUT2D eigenvalue weighted by Gasteiger charge is 2.18. The first kappa shape index (κ1) is 76.7. The molecule has 0 fully saturated rings. The highest BCUT2D eigenvalue weighted by atomic mass is 14.2. The second-order valence-corrected chi connectivity index (χ2v) is 33.3. The molecule has 0 N–H and O–H groups in total. The summed E-state index contributed by atoms with van der Waals surface area (Å²) in [5.41, 5.74) is 17.0. The summed E-state index contributed by atoms with van der Waals surface area (Å²) in [6.45, 7) is 30.4. The number of aryl methyl sites for hydroxylation is 2. The van der Waals surface area contributed by atoms with Crippen LogP contribution >= 0.6 is 0 Å². The van der Waals surface area contributed by atoms with Gasteiger partial charge in [-0.3, -0.25) is 0 Å². The molecule has 0 spiro atoms. The van der Waals surface area contributed by atoms with Gasteiger partial charge >= 0.3 is 0 Å². The normalized spacial score (nSPS) is 11.2. The highest BCUT2D eigenvalue weighted by molar-refractivity contribution is 6.29. The average molecular weight is 1410 g/mol. The zero-order chi connectivity index (χ0) is 76.7. The summed E-state index contributed by atoms with van der Waals surface area (Å²) in [7, 11) is 0. The topological polar surface area (TPSA) is 0 Å². The van der Waals surface area contributed by atoms with Crippen molar-refractivity contribution in [1.82, 2.24) is 0 Å². The van der Waals surface area contributed by atoms with Crippen LogP contribution in [-0.2, 0) is 0 Å². The lowest BCUT2D eigenvalue weighted by Crippen LogP contribution is -1.93. The Morgan fingerprint density at radius 3 is 0.624 bits per heavy atom. The van der Waals surface area contributed by atoms with E-state index in [0.717, 1.165) is 0 Å². The highest BCUT2D eigenvalue weighted by Crippen LogP contribution is 2.45. The van der Waals surface area contributed by atoms with Gasteiger partial charge in [-0.15, -0.1) is 0 Å². The maximum atomic E-state index is 2.36. The van der Waals surface area contributed by atoms with Crippen LogP contribution < -0.4 is 0 Å². The Labute approximate surface area is 648 Å². The molecular formula is C109H104. The van der Waals surface area contributed by atoms with Crippen molar-refractivity contribution in [3.05, 3.63) is 387 Å². The predicted molar refractivity (Wildman–Crippen MR) is 484 cm³/mol. The van der Waals surface area contributed by atoms with Crippen LogP contribution in [0, 0.1) is 30.1 Å². The first-order chi connectivity index (χ1) is 52.5. The minimum Gasteiger partial charge on any atom is -0.0622 e. The van der Waals surface area contributed by atoms with Crippen LogP contribution in [0.2, 0.25) is 0 Å². The lowest BCUT2D eigenvalue weighted by atomic mass is 9.87. The third-order valence-electron chi connectivity index (χ3n) is 18.4. The van der Waals surface area contributed by atoms with Gasteiger partial charge in [0.1, 0.15) is 0 Å². The van der Waals surface area contributed by atoms with Gasteiger partial charge in [0.05, 0.1) is 0 Å². The van der Waals surface area contributed by atoms with E-state index in [1.807, 2.05) is 36.4 Å². The molecule has 0 aliphatic rings. The van der Waals surface area contributed by atoms with Crippen LogP contribution in [0.25, 0.3) is 153 Å². The molecule has 0 aromatic heterocycles. The van der Waals surface area contributed by atoms with E-state index in [1.54, 1.807) is 0 Å². The molecule has 19 aromatic rings. The number of rotatable bonds is 5. The first-order valence-corrected chi connectivity index (χ1v) is 38.6. The summed E-state index contributed by atoms with van der Waals surface area (Å²) in [5.74, 6) is 0. The van der Waals surface area contributed by atoms with E-state index in [0.29, 0.717) is 16.2 Å². The molecule has 540 valence electrons. The van der Waals surface area contributed by atoms with Crippen LogP contribution in [0.15, 0.2) is 376 Å². The Hall–Kier alpha value is -12.0. The largest absolute Gasteiger partial charge is 0.0622 e. The molecule has 0 aliphatic heterocycles. The zero-order valence-electron chi connectivity index (χ0n) is 66.3. The molecule has 0 heteroatoms. The van der Waals surface area contributed by atoms with Gasteiger partial charge in [0, 0.05) is 0 Å². The van der Waals surface area contributed by atoms with Crippen LogP contribution in [-0.4, -0.2) is 0 Å². The summed E-state index contributed by atoms with van der Waals surface area (Å²) in [4.78, 5) is 0. The summed E-state index contributed by atoms with van der Waals surface area (Å²) in [5, 5.41) is 23.9. The molecule has 109 heavy (non-hydrogen) atoms. The van der Waals surface area contributed by atoms with Crippen molar-refractivity contribution in [2.24, 2.45) is 16.2 Å². The second-order valence-electron chi connectivity index (χ2n) is 33.3. The minimum absolute atomic E-state index is 0.500. The Morgan fingerprint density at radius 1 is 0.147 bits per heavy atom. The number of hydrogen-bond donors (Lipinski definition) is 0. The van der Waals surface area contributed by atoms with E-state index in [9.17, 15) is 0 Å². The SMILES string of the molecule is CC(C)(C)C.CC(C)(C)C.CC(C)(C)C.Cc1ccccc1.Cc1ccccc1.c1ccc(-c2cc3c4ccccc4ccc3c3ccccc23)cc1.c1ccc(-c2ccc3ccc4c(-c5ccccc5)ccc5ccc2c3c54)cc1.c1ccc(-c2ccc3ccc4c(-c5ccccc5)ccc5ccc2c3c54)cc1. The van der Waals surface area contributed by atoms with Crippen LogP contribution in [0.5, 0.6) is 0 Å². The van der Waals surface area contributed by atoms with Crippen molar-refractivity contribution in [3.63, 3.8) is 0 Å². The van der Waals surface area contributed by atoms with E-state index in [1.165, 1.54) is 164 Å². The van der Waals surface area contributed by atoms with E-state index in [2.05, 4.69) is 437 Å². The van der Waals surface area contributed by atoms with E-state index >= 15 is 0 Å². The quantitative estimate of drug-likeness (QED) is 0.151. The fourth-order valence-electron chi connectivity index (χ4n) is 13.9. The fraction of sp³-hybridized carbons (Fsp3) is 0.156. The van der Waals surface area contributed by atoms with Crippen molar-refractivity contribution >= 4 is 97.0 Å². The fourth-order valence-corrected chi connectivity index (χ4v) is 13.9. The van der Waals surface area contributed by atoms with Gasteiger partial charge in [0.15, 0.2) is 0 Å². The molecule has 0 amide bonds. The van der Waals surface area contributed by atoms with Crippen molar-refractivity contribution in [3.8, 4) is 55.6 Å². The first-order valence-electron chi connectivity index (χ1n) is 38.6. The lowest BCUT2D eigenvalue weighted by Gasteiger charge is -2.16.